The van der Waals surface area contributed by atoms with Crippen molar-refractivity contribution in [3.05, 3.63) is 57.9 Å². The summed E-state index contributed by atoms with van der Waals surface area (Å²) in [5, 5.41) is 0. The van der Waals surface area contributed by atoms with Gasteiger partial charge in [-0.25, -0.2) is 8.78 Å². The van der Waals surface area contributed by atoms with Gasteiger partial charge in [0, 0.05) is 11.8 Å². The van der Waals surface area contributed by atoms with E-state index in [0.717, 1.165) is 6.07 Å². The average molecular weight is 316 g/mol. The quantitative estimate of drug-likeness (QED) is 0.829. The van der Waals surface area contributed by atoms with Gasteiger partial charge in [-0.15, -0.1) is 0 Å². The van der Waals surface area contributed by atoms with Crippen LogP contribution in [0.4, 0.5) is 12.7 Å². The normalized spacial score (nSPS) is 12.4. The van der Waals surface area contributed by atoms with E-state index in [1.165, 1.54) is 18.2 Å². The first-order valence-corrected chi connectivity index (χ1v) is 6.84. The molecule has 0 radical (unpaired) electrons. The van der Waals surface area contributed by atoms with Crippen molar-refractivity contribution in [3.8, 4) is 0 Å². The highest BCUT2D eigenvalue weighted by atomic mass is 32.2. The number of halogens is 3. The zero-order chi connectivity index (χ0) is 14.7. The Morgan fingerprint density at radius 1 is 1.20 bits per heavy atom. The Hall–Kier alpha value is -1.31. The van der Waals surface area contributed by atoms with Gasteiger partial charge in [-0.05, 0) is 36.2 Å². The summed E-state index contributed by atoms with van der Waals surface area (Å²) in [5.74, 6) is -1.35. The van der Waals surface area contributed by atoms with Gasteiger partial charge in [0.05, 0.1) is 23.1 Å². The van der Waals surface area contributed by atoms with Crippen molar-refractivity contribution in [3.63, 3.8) is 0 Å². The van der Waals surface area contributed by atoms with Gasteiger partial charge in [0.1, 0.15) is 16.3 Å². The highest BCUT2D eigenvalue weighted by molar-refractivity contribution is 7.94. The molecule has 0 amide bonds. The number of aromatic amines is 1. The van der Waals surface area contributed by atoms with Crippen LogP contribution in [0.2, 0.25) is 0 Å². The Kier molecular flexibility index (Phi) is 4.85. The third-order valence-electron chi connectivity index (χ3n) is 2.74. The van der Waals surface area contributed by atoms with E-state index in [1.807, 2.05) is 0 Å². The number of nitrogens with one attached hydrogen (secondary N) is 1. The standard InChI is InChI=1S/C13H11F3N2S2/c14-8-3-7(4-9(15)6-8)5-10(17)13-11(20-16)1-2-12(19)18-13/h1-4,6,10H,5,17H2,(H,18,19). The highest BCUT2D eigenvalue weighted by Gasteiger charge is 2.14. The molecule has 2 aromatic rings. The summed E-state index contributed by atoms with van der Waals surface area (Å²) in [6.45, 7) is 0. The fourth-order valence-electron chi connectivity index (χ4n) is 1.90. The fraction of sp³-hybridized carbons (Fsp3) is 0.154. The minimum Gasteiger partial charge on any atom is -0.348 e. The molecule has 0 saturated heterocycles. The topological polar surface area (TPSA) is 41.8 Å². The lowest BCUT2D eigenvalue weighted by Crippen LogP contribution is -2.16. The first kappa shape index (κ1) is 15.1. The molecule has 7 heteroatoms. The van der Waals surface area contributed by atoms with Gasteiger partial charge in [0.2, 0.25) is 0 Å². The maximum atomic E-state index is 13.1. The number of hydrogen-bond donors (Lipinski definition) is 2. The van der Waals surface area contributed by atoms with Crippen LogP contribution >= 0.6 is 24.4 Å². The van der Waals surface area contributed by atoms with Gasteiger partial charge in [-0.1, -0.05) is 12.2 Å². The van der Waals surface area contributed by atoms with Crippen LogP contribution < -0.4 is 5.73 Å². The maximum absolute atomic E-state index is 13.1. The van der Waals surface area contributed by atoms with Crippen LogP contribution in [-0.2, 0) is 6.42 Å². The van der Waals surface area contributed by atoms with E-state index in [-0.39, 0.29) is 18.6 Å². The Balaban J connectivity index is 2.29. The van der Waals surface area contributed by atoms with Gasteiger partial charge >= 0.3 is 0 Å². The second-order valence-corrected chi connectivity index (χ2v) is 5.30. The summed E-state index contributed by atoms with van der Waals surface area (Å²) in [7, 11) is 0. The molecule has 1 aromatic heterocycles. The third kappa shape index (κ3) is 3.62. The number of hydrogen-bond acceptors (Lipinski definition) is 3. The van der Waals surface area contributed by atoms with E-state index in [1.54, 1.807) is 6.07 Å². The number of H-pyrrole nitrogens is 1. The summed E-state index contributed by atoms with van der Waals surface area (Å²) in [5.41, 5.74) is 6.78. The van der Waals surface area contributed by atoms with Crippen molar-refractivity contribution in [2.24, 2.45) is 5.73 Å². The Labute approximate surface area is 123 Å². The smallest absolute Gasteiger partial charge is 0.126 e. The highest BCUT2D eigenvalue weighted by Crippen LogP contribution is 2.27. The molecule has 1 heterocycles. The van der Waals surface area contributed by atoms with Gasteiger partial charge in [0.15, 0.2) is 0 Å². The molecule has 0 aliphatic carbocycles. The molecule has 1 aromatic carbocycles. The summed E-state index contributed by atoms with van der Waals surface area (Å²) in [4.78, 5) is 3.13. The van der Waals surface area contributed by atoms with Gasteiger partial charge in [0.25, 0.3) is 0 Å². The molecule has 106 valence electrons. The zero-order valence-electron chi connectivity index (χ0n) is 10.2. The van der Waals surface area contributed by atoms with E-state index in [2.05, 4.69) is 4.98 Å². The molecule has 0 spiro atoms. The van der Waals surface area contributed by atoms with Crippen LogP contribution in [-0.4, -0.2) is 4.98 Å². The summed E-state index contributed by atoms with van der Waals surface area (Å²) in [6.07, 6.45) is 0.164. The molecular formula is C13H11F3N2S2. The molecule has 0 bridgehead atoms. The van der Waals surface area contributed by atoms with Gasteiger partial charge < -0.3 is 10.7 Å². The minimum absolute atomic E-state index is 0.0436. The summed E-state index contributed by atoms with van der Waals surface area (Å²) >= 11 is 5.01. The maximum Gasteiger partial charge on any atom is 0.126 e. The van der Waals surface area contributed by atoms with Crippen molar-refractivity contribution in [1.82, 2.24) is 4.98 Å². The molecule has 1 atom stereocenters. The van der Waals surface area contributed by atoms with Crippen LogP contribution in [0.1, 0.15) is 17.3 Å². The largest absolute Gasteiger partial charge is 0.348 e. The molecule has 2 rings (SSSR count). The Morgan fingerprint density at radius 2 is 1.85 bits per heavy atom. The molecule has 2 nitrogen and oxygen atoms in total. The predicted octanol–water partition coefficient (Wildman–Crippen LogP) is 4.24. The Bertz CT molecular complexity index is 653. The lowest BCUT2D eigenvalue weighted by Gasteiger charge is -2.14. The second kappa shape index (κ2) is 6.43. The lowest BCUT2D eigenvalue weighted by atomic mass is 10.0. The molecule has 0 saturated carbocycles. The second-order valence-electron chi connectivity index (χ2n) is 4.27. The van der Waals surface area contributed by atoms with Crippen molar-refractivity contribution < 1.29 is 12.7 Å². The predicted molar refractivity (Wildman–Crippen MR) is 75.6 cm³/mol. The van der Waals surface area contributed by atoms with E-state index in [0.29, 0.717) is 20.8 Å². The van der Waals surface area contributed by atoms with Crippen molar-refractivity contribution in [1.29, 1.82) is 0 Å². The van der Waals surface area contributed by atoms with E-state index in [9.17, 15) is 12.7 Å². The number of nitrogens with two attached hydrogens (primary N) is 1. The fourth-order valence-corrected chi connectivity index (χ4v) is 2.49. The molecule has 0 fully saturated rings. The average Bonchev–Trinajstić information content (AvgIpc) is 2.37. The first-order valence-electron chi connectivity index (χ1n) is 5.72. The van der Waals surface area contributed by atoms with Gasteiger partial charge in [-0.2, -0.15) is 3.89 Å². The minimum atomic E-state index is -0.673. The number of benzene rings is 1. The number of pyridine rings is 1. The van der Waals surface area contributed by atoms with Gasteiger partial charge in [-0.3, -0.25) is 0 Å². The zero-order valence-corrected chi connectivity index (χ0v) is 11.8. The molecule has 20 heavy (non-hydrogen) atoms. The van der Waals surface area contributed by atoms with Crippen molar-refractivity contribution in [2.45, 2.75) is 17.4 Å². The van der Waals surface area contributed by atoms with E-state index >= 15 is 0 Å². The van der Waals surface area contributed by atoms with E-state index < -0.39 is 17.7 Å². The lowest BCUT2D eigenvalue weighted by molar-refractivity contribution is 0.575. The van der Waals surface area contributed by atoms with Crippen LogP contribution in [0.5, 0.6) is 0 Å². The summed E-state index contributed by atoms with van der Waals surface area (Å²) in [6, 6.07) is 5.61. The molecule has 0 aliphatic rings. The third-order valence-corrected chi connectivity index (χ3v) is 3.50. The van der Waals surface area contributed by atoms with Crippen molar-refractivity contribution in [2.75, 3.05) is 0 Å². The molecule has 1 unspecified atom stereocenters. The van der Waals surface area contributed by atoms with Crippen LogP contribution in [0.25, 0.3) is 0 Å². The Morgan fingerprint density at radius 3 is 2.45 bits per heavy atom. The van der Waals surface area contributed by atoms with E-state index in [4.69, 9.17) is 18.0 Å². The van der Waals surface area contributed by atoms with Crippen LogP contribution in [0.15, 0.2) is 35.2 Å². The molecule has 0 aliphatic heterocycles. The van der Waals surface area contributed by atoms with Crippen LogP contribution in [0, 0.1) is 16.3 Å². The van der Waals surface area contributed by atoms with Crippen molar-refractivity contribution >= 4 is 24.4 Å². The summed E-state index contributed by atoms with van der Waals surface area (Å²) < 4.78 is 39.5. The number of rotatable bonds is 4. The molecular weight excluding hydrogens is 305 g/mol. The SMILES string of the molecule is NC(Cc1cc(F)cc(F)c1)c1[nH]c(=S)ccc1SF. The first-order chi connectivity index (χ1) is 9.49. The number of aromatic nitrogens is 1. The monoisotopic (exact) mass is 316 g/mol. The van der Waals surface area contributed by atoms with Crippen LogP contribution in [0.3, 0.4) is 0 Å². The molecule has 3 N–H and O–H groups in total.